The smallest absolute Gasteiger partial charge is 0.280 e. The van der Waals surface area contributed by atoms with E-state index in [2.05, 4.69) is 14.6 Å². The molecule has 0 bridgehead atoms. The third kappa shape index (κ3) is 0.623. The van der Waals surface area contributed by atoms with Crippen molar-refractivity contribution >= 4 is 6.29 Å². The van der Waals surface area contributed by atoms with E-state index >= 15 is 0 Å². The highest BCUT2D eigenvalue weighted by Gasteiger charge is 1.88. The Bertz CT molecular complexity index is 146. The van der Waals surface area contributed by atoms with E-state index in [1.165, 1.54) is 0 Å². The zero-order chi connectivity index (χ0) is 5.11. The van der Waals surface area contributed by atoms with Crippen molar-refractivity contribution in [2.24, 2.45) is 0 Å². The van der Waals surface area contributed by atoms with Crippen LogP contribution in [0.25, 0.3) is 0 Å². The number of aldehydes is 1. The van der Waals surface area contributed by atoms with Crippen LogP contribution in [0.4, 0.5) is 0 Å². The topological polar surface area (TPSA) is 56.0 Å². The maximum Gasteiger partial charge on any atom is 0.280 e. The number of aromatic nitrogens is 2. The van der Waals surface area contributed by atoms with Gasteiger partial charge < -0.3 is 4.42 Å². The lowest BCUT2D eigenvalue weighted by Gasteiger charge is -1.63. The molecule has 0 aliphatic rings. The minimum absolute atomic E-state index is 0.0139. The predicted octanol–water partition coefficient (Wildman–Crippen LogP) is -0.118. The fourth-order valence-electron chi connectivity index (χ4n) is 0.233. The molecule has 0 radical (unpaired) electrons. The highest BCUT2D eigenvalue weighted by atomic mass is 16.4. The molecule has 4 heteroatoms. The van der Waals surface area contributed by atoms with Gasteiger partial charge in [0.1, 0.15) is 0 Å². The zero-order valence-corrected chi connectivity index (χ0v) is 3.37. The Morgan fingerprint density at radius 3 is 3.00 bits per heavy atom. The van der Waals surface area contributed by atoms with E-state index in [4.69, 9.17) is 0 Å². The maximum atomic E-state index is 9.67. The van der Waals surface area contributed by atoms with Crippen LogP contribution in [0, 0.1) is 0 Å². The first kappa shape index (κ1) is 3.98. The minimum atomic E-state index is 0.0139. The van der Waals surface area contributed by atoms with Gasteiger partial charge in [-0.3, -0.25) is 4.79 Å². The summed E-state index contributed by atoms with van der Waals surface area (Å²) in [6, 6.07) is 0. The standard InChI is InChI=1S/C3H2N2O2/c6-1-3-5-4-2-7-3/h1-2H. The largest absolute Gasteiger partial charge is 0.421 e. The van der Waals surface area contributed by atoms with Crippen molar-refractivity contribution in [2.45, 2.75) is 0 Å². The molecule has 0 spiro atoms. The van der Waals surface area contributed by atoms with Gasteiger partial charge in [-0.05, 0) is 0 Å². The van der Waals surface area contributed by atoms with Gasteiger partial charge >= 0.3 is 0 Å². The second kappa shape index (κ2) is 1.51. The van der Waals surface area contributed by atoms with Crippen LogP contribution in [0.3, 0.4) is 0 Å². The molecule has 1 aromatic rings. The fourth-order valence-corrected chi connectivity index (χ4v) is 0.233. The number of rotatable bonds is 1. The van der Waals surface area contributed by atoms with Crippen LogP contribution in [0.15, 0.2) is 10.8 Å². The van der Waals surface area contributed by atoms with Crippen LogP contribution < -0.4 is 0 Å². The van der Waals surface area contributed by atoms with E-state index in [0.29, 0.717) is 6.29 Å². The Balaban J connectivity index is 2.96. The Morgan fingerprint density at radius 2 is 2.71 bits per heavy atom. The monoisotopic (exact) mass is 98.0 g/mol. The van der Waals surface area contributed by atoms with Crippen molar-refractivity contribution < 1.29 is 9.21 Å². The molecule has 0 unspecified atom stereocenters. The van der Waals surface area contributed by atoms with Crippen LogP contribution in [-0.2, 0) is 0 Å². The van der Waals surface area contributed by atoms with Gasteiger partial charge in [0.2, 0.25) is 12.7 Å². The normalized spacial score (nSPS) is 8.57. The lowest BCUT2D eigenvalue weighted by Crippen LogP contribution is -1.75. The number of carbonyl (C=O) groups is 1. The van der Waals surface area contributed by atoms with E-state index in [-0.39, 0.29) is 5.89 Å². The van der Waals surface area contributed by atoms with Crippen molar-refractivity contribution in [3.05, 3.63) is 12.3 Å². The SMILES string of the molecule is O=Cc1nnco1. The summed E-state index contributed by atoms with van der Waals surface area (Å²) in [5, 5.41) is 6.50. The van der Waals surface area contributed by atoms with Gasteiger partial charge in [0, 0.05) is 0 Å². The molecule has 1 aromatic heterocycles. The van der Waals surface area contributed by atoms with E-state index < -0.39 is 0 Å². The molecule has 36 valence electrons. The number of nitrogens with zero attached hydrogens (tertiary/aromatic N) is 2. The van der Waals surface area contributed by atoms with Crippen LogP contribution in [0.5, 0.6) is 0 Å². The highest BCUT2D eigenvalue weighted by Crippen LogP contribution is 1.81. The number of hydrogen-bond acceptors (Lipinski definition) is 4. The number of carbonyl (C=O) groups excluding carboxylic acids is 1. The Kier molecular flexibility index (Phi) is 0.856. The third-order valence-corrected chi connectivity index (χ3v) is 0.478. The quantitative estimate of drug-likeness (QED) is 0.459. The lowest BCUT2D eigenvalue weighted by molar-refractivity contribution is 0.109. The van der Waals surface area contributed by atoms with Crippen molar-refractivity contribution in [2.75, 3.05) is 0 Å². The molecule has 0 aromatic carbocycles. The number of hydrogen-bond donors (Lipinski definition) is 0. The molecule has 4 nitrogen and oxygen atoms in total. The first-order chi connectivity index (χ1) is 3.43. The predicted molar refractivity (Wildman–Crippen MR) is 19.7 cm³/mol. The molecule has 1 rings (SSSR count). The van der Waals surface area contributed by atoms with Crippen LogP contribution in [0.2, 0.25) is 0 Å². The zero-order valence-electron chi connectivity index (χ0n) is 3.37. The molecule has 0 aliphatic heterocycles. The van der Waals surface area contributed by atoms with Gasteiger partial charge in [-0.2, -0.15) is 0 Å². The summed E-state index contributed by atoms with van der Waals surface area (Å²) >= 11 is 0. The van der Waals surface area contributed by atoms with Crippen molar-refractivity contribution in [1.29, 1.82) is 0 Å². The first-order valence-corrected chi connectivity index (χ1v) is 1.65. The van der Waals surface area contributed by atoms with Crippen molar-refractivity contribution in [1.82, 2.24) is 10.2 Å². The van der Waals surface area contributed by atoms with Crippen LogP contribution in [-0.4, -0.2) is 16.5 Å². The first-order valence-electron chi connectivity index (χ1n) is 1.65. The lowest BCUT2D eigenvalue weighted by atomic mass is 10.8. The van der Waals surface area contributed by atoms with E-state index in [9.17, 15) is 4.79 Å². The summed E-state index contributed by atoms with van der Waals surface area (Å²) < 4.78 is 4.39. The average molecular weight is 98.1 g/mol. The summed E-state index contributed by atoms with van der Waals surface area (Å²) in [5.41, 5.74) is 0. The molecular formula is C3H2N2O2. The molecule has 0 aliphatic carbocycles. The second-order valence-corrected chi connectivity index (χ2v) is 0.895. The van der Waals surface area contributed by atoms with E-state index in [0.717, 1.165) is 6.39 Å². The highest BCUT2D eigenvalue weighted by molar-refractivity contribution is 5.66. The molecule has 0 N–H and O–H groups in total. The molecule has 0 saturated carbocycles. The molecule has 0 atom stereocenters. The van der Waals surface area contributed by atoms with Gasteiger partial charge in [0.05, 0.1) is 0 Å². The maximum absolute atomic E-state index is 9.67. The molecular weight excluding hydrogens is 96.0 g/mol. The summed E-state index contributed by atoms with van der Waals surface area (Å²) in [5.74, 6) is 0.0139. The van der Waals surface area contributed by atoms with Gasteiger partial charge in [-0.1, -0.05) is 0 Å². The molecule has 0 fully saturated rings. The minimum Gasteiger partial charge on any atom is -0.421 e. The molecule has 1 heterocycles. The van der Waals surface area contributed by atoms with Crippen molar-refractivity contribution in [3.8, 4) is 0 Å². The summed E-state index contributed by atoms with van der Waals surface area (Å²) in [6.45, 7) is 0. The van der Waals surface area contributed by atoms with Crippen molar-refractivity contribution in [3.63, 3.8) is 0 Å². The molecule has 0 saturated heterocycles. The average Bonchev–Trinajstić information content (AvgIpc) is 2.14. The summed E-state index contributed by atoms with van der Waals surface area (Å²) in [7, 11) is 0. The van der Waals surface area contributed by atoms with Gasteiger partial charge in [-0.15, -0.1) is 10.2 Å². The Hall–Kier alpha value is -1.19. The van der Waals surface area contributed by atoms with Crippen LogP contribution >= 0.6 is 0 Å². The van der Waals surface area contributed by atoms with Gasteiger partial charge in [0.15, 0.2) is 0 Å². The van der Waals surface area contributed by atoms with Gasteiger partial charge in [0.25, 0.3) is 5.89 Å². The second-order valence-electron chi connectivity index (χ2n) is 0.895. The molecule has 7 heavy (non-hydrogen) atoms. The van der Waals surface area contributed by atoms with Crippen LogP contribution in [0.1, 0.15) is 10.7 Å². The Morgan fingerprint density at radius 1 is 1.86 bits per heavy atom. The molecule has 0 amide bonds. The Labute approximate surface area is 39.2 Å². The van der Waals surface area contributed by atoms with Gasteiger partial charge in [-0.25, -0.2) is 0 Å². The third-order valence-electron chi connectivity index (χ3n) is 0.478. The fraction of sp³-hybridized carbons (Fsp3) is 0. The van der Waals surface area contributed by atoms with E-state index in [1.54, 1.807) is 0 Å². The summed E-state index contributed by atoms with van der Waals surface area (Å²) in [4.78, 5) is 9.67. The van der Waals surface area contributed by atoms with E-state index in [1.807, 2.05) is 0 Å². The summed E-state index contributed by atoms with van der Waals surface area (Å²) in [6.07, 6.45) is 1.59.